The predicted octanol–water partition coefficient (Wildman–Crippen LogP) is 3.80. The first-order valence-corrected chi connectivity index (χ1v) is 8.70. The molecule has 0 atom stereocenters. The fourth-order valence-electron chi connectivity index (χ4n) is 2.95. The first kappa shape index (κ1) is 15.0. The number of anilines is 1. The molecule has 0 fully saturated rings. The molecule has 1 aliphatic heterocycles. The lowest BCUT2D eigenvalue weighted by Crippen LogP contribution is -2.31. The van der Waals surface area contributed by atoms with E-state index in [1.54, 1.807) is 0 Å². The van der Waals surface area contributed by atoms with E-state index in [9.17, 15) is 0 Å². The summed E-state index contributed by atoms with van der Waals surface area (Å²) in [5, 5.41) is 2.64. The Morgan fingerprint density at radius 3 is 2.96 bits per heavy atom. The highest BCUT2D eigenvalue weighted by atomic mass is 32.1. The van der Waals surface area contributed by atoms with Crippen LogP contribution in [-0.4, -0.2) is 28.2 Å². The molecule has 0 aliphatic carbocycles. The lowest BCUT2D eigenvalue weighted by Gasteiger charge is -2.29. The van der Waals surface area contributed by atoms with E-state index in [1.807, 2.05) is 30.6 Å². The molecule has 24 heavy (non-hydrogen) atoms. The molecular weight excluding hydrogens is 318 g/mol. The fraction of sp³-hybridized carbons (Fsp3) is 0.222. The van der Waals surface area contributed by atoms with Gasteiger partial charge < -0.3 is 4.90 Å². The number of aromatic nitrogens is 3. The van der Waals surface area contributed by atoms with Crippen molar-refractivity contribution in [3.8, 4) is 11.4 Å². The molecule has 3 aromatic heterocycles. The van der Waals surface area contributed by atoms with E-state index >= 15 is 0 Å². The van der Waals surface area contributed by atoms with E-state index in [-0.39, 0.29) is 0 Å². The van der Waals surface area contributed by atoms with E-state index in [0.717, 1.165) is 42.4 Å². The van der Waals surface area contributed by atoms with Gasteiger partial charge in [0.05, 0.1) is 5.69 Å². The van der Waals surface area contributed by atoms with Crippen LogP contribution in [0, 0.1) is 6.92 Å². The van der Waals surface area contributed by atoms with Crippen molar-refractivity contribution in [1.82, 2.24) is 15.0 Å². The van der Waals surface area contributed by atoms with Crippen molar-refractivity contribution in [3.63, 3.8) is 0 Å². The minimum atomic E-state index is 0.672. The van der Waals surface area contributed by atoms with Crippen molar-refractivity contribution in [2.24, 2.45) is 4.99 Å². The number of aliphatic imine (C=N–C) groups is 1. The number of fused-ring (bicyclic) bond motifs is 1. The summed E-state index contributed by atoms with van der Waals surface area (Å²) in [7, 11) is 0. The van der Waals surface area contributed by atoms with Gasteiger partial charge >= 0.3 is 0 Å². The molecule has 4 heterocycles. The van der Waals surface area contributed by atoms with Gasteiger partial charge in [0.25, 0.3) is 0 Å². The molecule has 5 nitrogen and oxygen atoms in total. The van der Waals surface area contributed by atoms with Crippen molar-refractivity contribution >= 4 is 29.0 Å². The van der Waals surface area contributed by atoms with Gasteiger partial charge in [0, 0.05) is 30.4 Å². The minimum Gasteiger partial charge on any atom is -0.352 e. The third-order valence-corrected chi connectivity index (χ3v) is 4.95. The molecule has 4 rings (SSSR count). The molecule has 0 unspecified atom stereocenters. The predicted molar refractivity (Wildman–Crippen MR) is 98.3 cm³/mol. The van der Waals surface area contributed by atoms with Gasteiger partial charge in [-0.2, -0.15) is 0 Å². The van der Waals surface area contributed by atoms with E-state index in [0.29, 0.717) is 5.13 Å². The van der Waals surface area contributed by atoms with Crippen LogP contribution in [0.4, 0.5) is 10.9 Å². The summed E-state index contributed by atoms with van der Waals surface area (Å²) in [5.41, 5.74) is 5.48. The topological polar surface area (TPSA) is 54.3 Å². The third kappa shape index (κ3) is 2.80. The molecule has 1 aliphatic rings. The zero-order valence-corrected chi connectivity index (χ0v) is 14.3. The lowest BCUT2D eigenvalue weighted by atomic mass is 10.0. The number of aryl methyl sites for hydroxylation is 1. The Kier molecular flexibility index (Phi) is 3.82. The maximum absolute atomic E-state index is 4.79. The summed E-state index contributed by atoms with van der Waals surface area (Å²) in [5.74, 6) is 0.972. The molecule has 0 bridgehead atoms. The van der Waals surface area contributed by atoms with Gasteiger partial charge in [0.15, 0.2) is 0 Å². The molecule has 0 N–H and O–H groups in total. The maximum Gasteiger partial charge on any atom is 0.209 e. The number of nitrogens with zero attached hydrogens (tertiary/aromatic N) is 5. The van der Waals surface area contributed by atoms with Crippen molar-refractivity contribution in [2.45, 2.75) is 19.9 Å². The normalized spacial score (nSPS) is 13.6. The lowest BCUT2D eigenvalue weighted by molar-refractivity contribution is 0.715. The Bertz CT molecular complexity index is 902. The van der Waals surface area contributed by atoms with E-state index < -0.39 is 0 Å². The minimum absolute atomic E-state index is 0.672. The maximum atomic E-state index is 4.79. The molecule has 0 saturated carbocycles. The average Bonchev–Trinajstić information content (AvgIpc) is 3.10. The van der Waals surface area contributed by atoms with Crippen LogP contribution in [0.5, 0.6) is 0 Å². The molecule has 0 aromatic carbocycles. The van der Waals surface area contributed by atoms with Gasteiger partial charge in [0.1, 0.15) is 11.5 Å². The highest BCUT2D eigenvalue weighted by Gasteiger charge is 2.18. The zero-order chi connectivity index (χ0) is 16.5. The summed E-state index contributed by atoms with van der Waals surface area (Å²) >= 11 is 1.48. The van der Waals surface area contributed by atoms with Crippen LogP contribution in [0.1, 0.15) is 16.8 Å². The Hall–Kier alpha value is -2.60. The van der Waals surface area contributed by atoms with Crippen LogP contribution in [0.3, 0.4) is 0 Å². The summed E-state index contributed by atoms with van der Waals surface area (Å²) in [4.78, 5) is 19.8. The molecule has 0 saturated heterocycles. The van der Waals surface area contributed by atoms with E-state index in [1.165, 1.54) is 22.5 Å². The Labute approximate surface area is 144 Å². The second-order valence-electron chi connectivity index (χ2n) is 5.82. The van der Waals surface area contributed by atoms with Crippen LogP contribution in [0.25, 0.3) is 11.4 Å². The van der Waals surface area contributed by atoms with Gasteiger partial charge in [0.2, 0.25) is 5.13 Å². The number of rotatable bonds is 3. The number of hydrogen-bond donors (Lipinski definition) is 0. The van der Waals surface area contributed by atoms with E-state index in [4.69, 9.17) is 4.98 Å². The van der Waals surface area contributed by atoms with Gasteiger partial charge in [-0.1, -0.05) is 6.07 Å². The molecule has 120 valence electrons. The second-order valence-corrected chi connectivity index (χ2v) is 6.66. The molecule has 0 amide bonds. The van der Waals surface area contributed by atoms with Crippen molar-refractivity contribution in [3.05, 3.63) is 52.7 Å². The Morgan fingerprint density at radius 1 is 1.21 bits per heavy atom. The van der Waals surface area contributed by atoms with Gasteiger partial charge in [-0.15, -0.1) is 11.3 Å². The van der Waals surface area contributed by atoms with E-state index in [2.05, 4.69) is 38.7 Å². The third-order valence-electron chi connectivity index (χ3n) is 4.18. The van der Waals surface area contributed by atoms with Crippen LogP contribution in [-0.2, 0) is 13.0 Å². The van der Waals surface area contributed by atoms with Gasteiger partial charge in [-0.05, 0) is 49.4 Å². The highest BCUT2D eigenvalue weighted by Crippen LogP contribution is 2.28. The molecule has 3 aromatic rings. The Morgan fingerprint density at radius 2 is 2.12 bits per heavy atom. The SMILES string of the molecule is C=Nc1nc(-c2cccc(N3CCc4cc(C)ncc4C3)n2)cs1. The Balaban J connectivity index is 1.62. The summed E-state index contributed by atoms with van der Waals surface area (Å²) < 4.78 is 0. The summed E-state index contributed by atoms with van der Waals surface area (Å²) in [6.07, 6.45) is 3.01. The number of pyridine rings is 2. The summed E-state index contributed by atoms with van der Waals surface area (Å²) in [6, 6.07) is 8.25. The largest absolute Gasteiger partial charge is 0.352 e. The van der Waals surface area contributed by atoms with Crippen LogP contribution in [0.2, 0.25) is 0 Å². The van der Waals surface area contributed by atoms with Crippen molar-refractivity contribution < 1.29 is 0 Å². The average molecular weight is 335 g/mol. The van der Waals surface area contributed by atoms with Crippen molar-refractivity contribution in [2.75, 3.05) is 11.4 Å². The first-order chi connectivity index (χ1) is 11.7. The fourth-order valence-corrected chi connectivity index (χ4v) is 3.57. The molecule has 6 heteroatoms. The molecular formula is C18H17N5S. The van der Waals surface area contributed by atoms with Crippen LogP contribution < -0.4 is 4.90 Å². The zero-order valence-electron chi connectivity index (χ0n) is 13.4. The molecule has 0 spiro atoms. The number of thiazole rings is 1. The van der Waals surface area contributed by atoms with Gasteiger partial charge in [-0.25, -0.2) is 15.0 Å². The van der Waals surface area contributed by atoms with Gasteiger partial charge in [-0.3, -0.25) is 4.98 Å². The highest BCUT2D eigenvalue weighted by molar-refractivity contribution is 7.13. The van der Waals surface area contributed by atoms with Crippen LogP contribution in [0.15, 0.2) is 40.8 Å². The quantitative estimate of drug-likeness (QED) is 0.683. The molecule has 0 radical (unpaired) electrons. The standard InChI is InChI=1S/C18H17N5S/c1-12-8-13-6-7-23(10-14(13)9-20-12)17-5-3-4-15(21-17)16-11-24-18(19-2)22-16/h3-5,8-9,11H,2,6-7,10H2,1H3. The van der Waals surface area contributed by atoms with Crippen LogP contribution >= 0.6 is 11.3 Å². The summed E-state index contributed by atoms with van der Waals surface area (Å²) in [6.45, 7) is 7.36. The second kappa shape index (κ2) is 6.13. The monoisotopic (exact) mass is 335 g/mol. The smallest absolute Gasteiger partial charge is 0.209 e. The first-order valence-electron chi connectivity index (χ1n) is 7.82. The van der Waals surface area contributed by atoms with Crippen molar-refractivity contribution in [1.29, 1.82) is 0 Å². The number of hydrogen-bond acceptors (Lipinski definition) is 6.